The normalized spacial score (nSPS) is 25.7. The van der Waals surface area contributed by atoms with E-state index < -0.39 is 0 Å². The number of benzene rings is 1. The summed E-state index contributed by atoms with van der Waals surface area (Å²) in [5, 5.41) is 3.50. The molecule has 3 heterocycles. The van der Waals surface area contributed by atoms with Crippen molar-refractivity contribution in [3.05, 3.63) is 29.8 Å². The third kappa shape index (κ3) is 3.26. The number of thioether (sulfide) groups is 1. The van der Waals surface area contributed by atoms with Crippen molar-refractivity contribution < 1.29 is 4.79 Å². The molecule has 126 valence electrons. The summed E-state index contributed by atoms with van der Waals surface area (Å²) < 4.78 is 0. The summed E-state index contributed by atoms with van der Waals surface area (Å²) in [4.78, 5) is 16.5. The predicted molar refractivity (Wildman–Crippen MR) is 97.5 cm³/mol. The van der Waals surface area contributed by atoms with Crippen molar-refractivity contribution in [2.45, 2.75) is 36.5 Å². The van der Waals surface area contributed by atoms with E-state index in [0.29, 0.717) is 11.3 Å². The third-order valence-corrected chi connectivity index (χ3v) is 6.85. The number of carbonyl (C=O) groups is 1. The van der Waals surface area contributed by atoms with E-state index in [-0.39, 0.29) is 18.3 Å². The Morgan fingerprint density at radius 1 is 1.22 bits per heavy atom. The van der Waals surface area contributed by atoms with Crippen LogP contribution in [0.2, 0.25) is 0 Å². The minimum Gasteiger partial charge on any atom is -0.342 e. The Kier molecular flexibility index (Phi) is 5.24. The van der Waals surface area contributed by atoms with Gasteiger partial charge in [-0.15, -0.1) is 24.2 Å². The van der Waals surface area contributed by atoms with E-state index in [1.165, 1.54) is 29.7 Å². The van der Waals surface area contributed by atoms with Crippen LogP contribution in [0.1, 0.15) is 37.2 Å². The van der Waals surface area contributed by atoms with Crippen molar-refractivity contribution in [3.8, 4) is 0 Å². The van der Waals surface area contributed by atoms with Crippen LogP contribution >= 0.6 is 24.2 Å². The van der Waals surface area contributed by atoms with Crippen LogP contribution < -0.4 is 5.32 Å². The maximum Gasteiger partial charge on any atom is 0.230 e. The number of nitrogens with zero attached hydrogens (tertiary/aromatic N) is 1. The summed E-state index contributed by atoms with van der Waals surface area (Å²) in [7, 11) is 0. The molecule has 5 heteroatoms. The van der Waals surface area contributed by atoms with Crippen LogP contribution in [0.25, 0.3) is 0 Å². The zero-order valence-corrected chi connectivity index (χ0v) is 15.1. The lowest BCUT2D eigenvalue weighted by Gasteiger charge is -2.40. The Hall–Kier alpha value is -0.710. The minimum atomic E-state index is 0. The third-order valence-electron chi connectivity index (χ3n) is 5.72. The van der Waals surface area contributed by atoms with Crippen molar-refractivity contribution in [2.24, 2.45) is 5.41 Å². The van der Waals surface area contributed by atoms with Crippen molar-refractivity contribution in [3.63, 3.8) is 0 Å². The van der Waals surface area contributed by atoms with Gasteiger partial charge < -0.3 is 10.2 Å². The van der Waals surface area contributed by atoms with E-state index in [1.807, 2.05) is 11.8 Å². The number of amides is 1. The number of fused-ring (bicyclic) bond motifs is 1. The number of likely N-dealkylation sites (tertiary alicyclic amines) is 1. The van der Waals surface area contributed by atoms with Crippen LogP contribution in [0.4, 0.5) is 0 Å². The van der Waals surface area contributed by atoms with Gasteiger partial charge in [0.2, 0.25) is 5.91 Å². The van der Waals surface area contributed by atoms with Crippen molar-refractivity contribution in [1.82, 2.24) is 10.2 Å². The summed E-state index contributed by atoms with van der Waals surface area (Å²) in [5.74, 6) is 1.52. The van der Waals surface area contributed by atoms with Crippen LogP contribution in [0, 0.1) is 5.41 Å². The van der Waals surface area contributed by atoms with Gasteiger partial charge in [-0.3, -0.25) is 4.79 Å². The SMILES string of the molecule is Cl.O=C(C1CCSc2ccccc21)N1CCC2(CCNC2)CC1. The molecule has 0 aliphatic carbocycles. The molecule has 1 aromatic rings. The quantitative estimate of drug-likeness (QED) is 0.841. The molecule has 0 bridgehead atoms. The predicted octanol–water partition coefficient (Wildman–Crippen LogP) is 3.29. The van der Waals surface area contributed by atoms with Gasteiger partial charge in [0.15, 0.2) is 0 Å². The molecule has 3 nitrogen and oxygen atoms in total. The van der Waals surface area contributed by atoms with Gasteiger partial charge in [0.25, 0.3) is 0 Å². The van der Waals surface area contributed by atoms with E-state index in [2.05, 4.69) is 34.5 Å². The molecule has 1 N–H and O–H groups in total. The first-order valence-electron chi connectivity index (χ1n) is 8.49. The lowest BCUT2D eigenvalue weighted by molar-refractivity contribution is -0.135. The van der Waals surface area contributed by atoms with Crippen molar-refractivity contribution >= 4 is 30.1 Å². The molecular formula is C18H25ClN2OS. The van der Waals surface area contributed by atoms with E-state index >= 15 is 0 Å². The molecule has 3 aliphatic rings. The van der Waals surface area contributed by atoms with Crippen LogP contribution in [0.15, 0.2) is 29.2 Å². The van der Waals surface area contributed by atoms with E-state index in [1.54, 1.807) is 0 Å². The van der Waals surface area contributed by atoms with Gasteiger partial charge in [0.05, 0.1) is 5.92 Å². The first-order valence-corrected chi connectivity index (χ1v) is 9.47. The minimum absolute atomic E-state index is 0. The van der Waals surface area contributed by atoms with Gasteiger partial charge in [-0.1, -0.05) is 18.2 Å². The lowest BCUT2D eigenvalue weighted by atomic mass is 9.77. The van der Waals surface area contributed by atoms with E-state index in [4.69, 9.17) is 0 Å². The molecule has 2 fully saturated rings. The summed E-state index contributed by atoms with van der Waals surface area (Å²) >= 11 is 1.89. The Balaban J connectivity index is 0.00000156. The maximum atomic E-state index is 13.0. The standard InChI is InChI=1S/C18H24N2OS.ClH/c21-17(15-5-12-22-16-4-2-1-3-14(15)16)20-10-7-18(8-11-20)6-9-19-13-18;/h1-4,15,19H,5-13H2;1H. The summed E-state index contributed by atoms with van der Waals surface area (Å²) in [6.07, 6.45) is 4.63. The second kappa shape index (κ2) is 7.04. The van der Waals surface area contributed by atoms with Crippen LogP contribution in [-0.4, -0.2) is 42.7 Å². The number of rotatable bonds is 1. The fraction of sp³-hybridized carbons (Fsp3) is 0.611. The molecule has 1 aromatic carbocycles. The highest BCUT2D eigenvalue weighted by atomic mass is 35.5. The van der Waals surface area contributed by atoms with Crippen LogP contribution in [0.3, 0.4) is 0 Å². The van der Waals surface area contributed by atoms with Gasteiger partial charge in [0.1, 0.15) is 0 Å². The topological polar surface area (TPSA) is 32.3 Å². The molecule has 1 amide bonds. The zero-order chi connectivity index (χ0) is 15.0. The average Bonchev–Trinajstić information content (AvgIpc) is 3.02. The van der Waals surface area contributed by atoms with E-state index in [9.17, 15) is 4.79 Å². The molecule has 1 unspecified atom stereocenters. The Morgan fingerprint density at radius 3 is 2.74 bits per heavy atom. The van der Waals surface area contributed by atoms with Gasteiger partial charge >= 0.3 is 0 Å². The van der Waals surface area contributed by atoms with Crippen molar-refractivity contribution in [2.75, 3.05) is 31.9 Å². The largest absolute Gasteiger partial charge is 0.342 e. The lowest BCUT2D eigenvalue weighted by Crippen LogP contribution is -2.46. The number of nitrogens with one attached hydrogen (secondary N) is 1. The number of hydrogen-bond acceptors (Lipinski definition) is 3. The van der Waals surface area contributed by atoms with Gasteiger partial charge in [0, 0.05) is 24.5 Å². The van der Waals surface area contributed by atoms with Gasteiger partial charge in [-0.2, -0.15) is 0 Å². The Labute approximate surface area is 149 Å². The smallest absolute Gasteiger partial charge is 0.230 e. The first kappa shape index (κ1) is 17.1. The Morgan fingerprint density at radius 2 is 2.00 bits per heavy atom. The second-order valence-corrected chi connectivity index (χ2v) is 8.12. The molecule has 3 aliphatic heterocycles. The van der Waals surface area contributed by atoms with Crippen LogP contribution in [-0.2, 0) is 4.79 Å². The van der Waals surface area contributed by atoms with E-state index in [0.717, 1.165) is 38.4 Å². The van der Waals surface area contributed by atoms with Crippen LogP contribution in [0.5, 0.6) is 0 Å². The maximum absolute atomic E-state index is 13.0. The Bertz CT molecular complexity index is 564. The number of carbonyl (C=O) groups excluding carboxylic acids is 1. The molecule has 23 heavy (non-hydrogen) atoms. The molecule has 0 aromatic heterocycles. The molecule has 1 atom stereocenters. The fourth-order valence-electron chi connectivity index (χ4n) is 4.24. The summed E-state index contributed by atoms with van der Waals surface area (Å²) in [6, 6.07) is 8.46. The molecule has 1 spiro atoms. The first-order chi connectivity index (χ1) is 10.8. The van der Waals surface area contributed by atoms with Gasteiger partial charge in [-0.25, -0.2) is 0 Å². The number of hydrogen-bond donors (Lipinski definition) is 1. The molecule has 2 saturated heterocycles. The average molecular weight is 353 g/mol. The highest BCUT2D eigenvalue weighted by Crippen LogP contribution is 2.41. The van der Waals surface area contributed by atoms with Crippen molar-refractivity contribution in [1.29, 1.82) is 0 Å². The highest BCUT2D eigenvalue weighted by molar-refractivity contribution is 7.99. The molecular weight excluding hydrogens is 328 g/mol. The number of halogens is 1. The summed E-state index contributed by atoms with van der Waals surface area (Å²) in [6.45, 7) is 4.21. The molecule has 4 rings (SSSR count). The fourth-order valence-corrected chi connectivity index (χ4v) is 5.37. The highest BCUT2D eigenvalue weighted by Gasteiger charge is 2.39. The monoisotopic (exact) mass is 352 g/mol. The van der Waals surface area contributed by atoms with Gasteiger partial charge in [-0.05, 0) is 55.0 Å². The second-order valence-electron chi connectivity index (χ2n) is 6.98. The molecule has 0 radical (unpaired) electrons. The summed E-state index contributed by atoms with van der Waals surface area (Å²) in [5.41, 5.74) is 1.74. The molecule has 0 saturated carbocycles. The zero-order valence-electron chi connectivity index (χ0n) is 13.4. The number of piperidine rings is 1.